The van der Waals surface area contributed by atoms with Gasteiger partial charge in [-0.1, -0.05) is 24.3 Å². The van der Waals surface area contributed by atoms with Crippen LogP contribution in [0.15, 0.2) is 65.5 Å². The Balaban J connectivity index is 2.08. The van der Waals surface area contributed by atoms with Crippen LogP contribution < -0.4 is 10.3 Å². The molecule has 0 aliphatic carbocycles. The number of nitro groups is 1. The van der Waals surface area contributed by atoms with Crippen LogP contribution >= 0.6 is 0 Å². The summed E-state index contributed by atoms with van der Waals surface area (Å²) in [5.74, 6) is -0.0852. The van der Waals surface area contributed by atoms with E-state index >= 15 is 0 Å². The van der Waals surface area contributed by atoms with Crippen molar-refractivity contribution in [3.63, 3.8) is 0 Å². The first-order valence-electron chi connectivity index (χ1n) is 8.64. The third kappa shape index (κ3) is 4.16. The number of non-ortho nitro benzene ring substituents is 1. The second-order valence-corrected chi connectivity index (χ2v) is 6.17. The molecule has 0 amide bonds. The molecule has 2 aromatic carbocycles. The van der Waals surface area contributed by atoms with Crippen LogP contribution in [0.4, 0.5) is 5.69 Å². The number of aromatic nitrogens is 1. The molecule has 1 aromatic heterocycles. The molecule has 0 radical (unpaired) electrons. The molecule has 0 spiro atoms. The van der Waals surface area contributed by atoms with Gasteiger partial charge in [0, 0.05) is 23.8 Å². The van der Waals surface area contributed by atoms with E-state index in [1.807, 2.05) is 0 Å². The van der Waals surface area contributed by atoms with Crippen molar-refractivity contribution in [2.24, 2.45) is 0 Å². The quantitative estimate of drug-likeness (QED) is 0.361. The zero-order valence-electron chi connectivity index (χ0n) is 15.8. The fourth-order valence-electron chi connectivity index (χ4n) is 3.01. The largest absolute Gasteiger partial charge is 0.496 e. The minimum Gasteiger partial charge on any atom is -0.496 e. The molecular weight excluding hydrogens is 376 g/mol. The Morgan fingerprint density at radius 1 is 1.07 bits per heavy atom. The number of nitro benzene ring substituents is 1. The van der Waals surface area contributed by atoms with E-state index in [4.69, 9.17) is 9.47 Å². The highest BCUT2D eigenvalue weighted by molar-refractivity contribution is 5.87. The summed E-state index contributed by atoms with van der Waals surface area (Å²) >= 11 is 0. The van der Waals surface area contributed by atoms with Crippen LogP contribution in [0, 0.1) is 10.1 Å². The second-order valence-electron chi connectivity index (χ2n) is 6.17. The molecule has 0 fully saturated rings. The van der Waals surface area contributed by atoms with Crippen LogP contribution in [-0.4, -0.2) is 29.7 Å². The smallest absolute Gasteiger partial charge is 0.354 e. The number of esters is 1. The minimum absolute atomic E-state index is 0.0396. The van der Waals surface area contributed by atoms with Crippen LogP contribution in [0.2, 0.25) is 0 Å². The summed E-state index contributed by atoms with van der Waals surface area (Å²) in [7, 11) is 2.75. The van der Waals surface area contributed by atoms with Gasteiger partial charge < -0.3 is 9.47 Å². The molecule has 148 valence electrons. The van der Waals surface area contributed by atoms with Crippen LogP contribution in [-0.2, 0) is 11.3 Å². The first-order valence-corrected chi connectivity index (χ1v) is 8.64. The average molecular weight is 394 g/mol. The number of pyridine rings is 1. The minimum atomic E-state index is -0.616. The van der Waals surface area contributed by atoms with Crippen molar-refractivity contribution < 1.29 is 19.2 Å². The summed E-state index contributed by atoms with van der Waals surface area (Å²) in [6.07, 6.45) is 0. The topological polar surface area (TPSA) is 101 Å². The zero-order valence-corrected chi connectivity index (χ0v) is 15.8. The molecule has 29 heavy (non-hydrogen) atoms. The van der Waals surface area contributed by atoms with E-state index in [0.29, 0.717) is 22.4 Å². The summed E-state index contributed by atoms with van der Waals surface area (Å²) in [4.78, 5) is 35.0. The van der Waals surface area contributed by atoms with Gasteiger partial charge in [0.15, 0.2) is 0 Å². The molecule has 8 nitrogen and oxygen atoms in total. The van der Waals surface area contributed by atoms with Gasteiger partial charge in [-0.15, -0.1) is 0 Å². The maximum Gasteiger partial charge on any atom is 0.354 e. The predicted octanol–water partition coefficient (Wildman–Crippen LogP) is 3.27. The normalized spacial score (nSPS) is 10.4. The summed E-state index contributed by atoms with van der Waals surface area (Å²) in [6, 6.07) is 15.8. The summed E-state index contributed by atoms with van der Waals surface area (Å²) in [6.45, 7) is 0.121. The lowest BCUT2D eigenvalue weighted by atomic mass is 10.0. The Bertz CT molecular complexity index is 1140. The molecule has 0 aliphatic heterocycles. The Kier molecular flexibility index (Phi) is 5.73. The molecule has 0 atom stereocenters. The highest BCUT2D eigenvalue weighted by atomic mass is 16.6. The van der Waals surface area contributed by atoms with E-state index in [1.165, 1.54) is 49.1 Å². The third-order valence-corrected chi connectivity index (χ3v) is 4.42. The number of carbonyl (C=O) groups is 1. The van der Waals surface area contributed by atoms with Crippen molar-refractivity contribution in [3.05, 3.63) is 92.4 Å². The summed E-state index contributed by atoms with van der Waals surface area (Å²) < 4.78 is 11.5. The lowest BCUT2D eigenvalue weighted by Gasteiger charge is -2.14. The number of nitrogens with zero attached hydrogens (tertiary/aromatic N) is 2. The van der Waals surface area contributed by atoms with Crippen molar-refractivity contribution in [2.45, 2.75) is 6.54 Å². The van der Waals surface area contributed by atoms with Crippen molar-refractivity contribution in [2.75, 3.05) is 14.2 Å². The fourth-order valence-corrected chi connectivity index (χ4v) is 3.01. The molecule has 8 heteroatoms. The molecule has 0 saturated carbocycles. The van der Waals surface area contributed by atoms with Crippen molar-refractivity contribution >= 4 is 11.7 Å². The molecule has 0 N–H and O–H groups in total. The van der Waals surface area contributed by atoms with Crippen molar-refractivity contribution in [1.82, 2.24) is 4.57 Å². The molecule has 0 aliphatic rings. The van der Waals surface area contributed by atoms with Crippen molar-refractivity contribution in [1.29, 1.82) is 0 Å². The van der Waals surface area contributed by atoms with Gasteiger partial charge in [0.25, 0.3) is 11.2 Å². The monoisotopic (exact) mass is 394 g/mol. The summed E-state index contributed by atoms with van der Waals surface area (Å²) in [5.41, 5.74) is 1.70. The predicted molar refractivity (Wildman–Crippen MR) is 106 cm³/mol. The maximum atomic E-state index is 12.3. The number of rotatable bonds is 6. The molecule has 1 heterocycles. The molecule has 0 bridgehead atoms. The van der Waals surface area contributed by atoms with E-state index in [2.05, 4.69) is 0 Å². The zero-order chi connectivity index (χ0) is 21.0. The average Bonchev–Trinajstić information content (AvgIpc) is 2.74. The van der Waals surface area contributed by atoms with Gasteiger partial charge in [-0.25, -0.2) is 4.79 Å². The van der Waals surface area contributed by atoms with Gasteiger partial charge in [-0.2, -0.15) is 0 Å². The van der Waals surface area contributed by atoms with Crippen molar-refractivity contribution in [3.8, 4) is 16.9 Å². The number of carbonyl (C=O) groups excluding carboxylic acids is 1. The molecule has 3 aromatic rings. The molecule has 0 unspecified atom stereocenters. The van der Waals surface area contributed by atoms with E-state index in [-0.39, 0.29) is 23.5 Å². The third-order valence-electron chi connectivity index (χ3n) is 4.42. The number of ether oxygens (including phenoxy) is 2. The van der Waals surface area contributed by atoms with Gasteiger partial charge in [-0.3, -0.25) is 19.5 Å². The van der Waals surface area contributed by atoms with Crippen LogP contribution in [0.5, 0.6) is 5.75 Å². The van der Waals surface area contributed by atoms with Crippen LogP contribution in [0.1, 0.15) is 16.1 Å². The number of benzene rings is 2. The fraction of sp³-hybridized carbons (Fsp3) is 0.143. The van der Waals surface area contributed by atoms with Crippen LogP contribution in [0.3, 0.4) is 0 Å². The Morgan fingerprint density at radius 3 is 2.52 bits per heavy atom. The summed E-state index contributed by atoms with van der Waals surface area (Å²) in [5, 5.41) is 11.1. The van der Waals surface area contributed by atoms with Gasteiger partial charge >= 0.3 is 5.97 Å². The van der Waals surface area contributed by atoms with E-state index < -0.39 is 10.9 Å². The lowest BCUT2D eigenvalue weighted by molar-refractivity contribution is -0.384. The molecule has 0 saturated heterocycles. The van der Waals surface area contributed by atoms with Gasteiger partial charge in [0.1, 0.15) is 11.4 Å². The molecular formula is C21H18N2O6. The van der Waals surface area contributed by atoms with E-state index in [1.54, 1.807) is 30.3 Å². The number of hydrogen-bond acceptors (Lipinski definition) is 6. The second kappa shape index (κ2) is 8.39. The van der Waals surface area contributed by atoms with Crippen LogP contribution in [0.25, 0.3) is 11.1 Å². The Morgan fingerprint density at radius 2 is 1.83 bits per heavy atom. The first-order chi connectivity index (χ1) is 13.9. The lowest BCUT2D eigenvalue weighted by Crippen LogP contribution is -2.26. The Hall–Kier alpha value is -3.94. The first kappa shape index (κ1) is 19.8. The maximum absolute atomic E-state index is 12.3. The number of hydrogen-bond donors (Lipinski definition) is 0. The number of methoxy groups -OCH3 is 2. The van der Waals surface area contributed by atoms with Gasteiger partial charge in [0.2, 0.25) is 0 Å². The highest BCUT2D eigenvalue weighted by Gasteiger charge is 2.15. The van der Waals surface area contributed by atoms with Gasteiger partial charge in [-0.05, 0) is 29.3 Å². The van der Waals surface area contributed by atoms with E-state index in [0.717, 1.165) is 0 Å². The highest BCUT2D eigenvalue weighted by Crippen LogP contribution is 2.33. The van der Waals surface area contributed by atoms with Gasteiger partial charge in [0.05, 0.1) is 25.7 Å². The SMILES string of the molecule is COC(=O)c1cccc(=O)n1Cc1ccc(OC)c(-c2cccc([N+](=O)[O-])c2)c1. The standard InChI is InChI=1S/C21H18N2O6/c1-28-19-10-9-14(11-17(19)15-5-3-6-16(12-15)23(26)27)13-22-18(21(25)29-2)7-4-8-20(22)24/h3-12H,13H2,1-2H3. The Labute approximate surface area is 166 Å². The van der Waals surface area contributed by atoms with E-state index in [9.17, 15) is 19.7 Å². The molecule has 3 rings (SSSR count).